The van der Waals surface area contributed by atoms with Crippen LogP contribution in [0.15, 0.2) is 30.3 Å². The van der Waals surface area contributed by atoms with Crippen LogP contribution in [0.25, 0.3) is 10.8 Å². The number of hydrogen-bond donors (Lipinski definition) is 2. The number of rotatable bonds is 0. The van der Waals surface area contributed by atoms with E-state index in [9.17, 15) is 14.7 Å². The molecule has 16 heavy (non-hydrogen) atoms. The molecular formula is C12H7NO3. The summed E-state index contributed by atoms with van der Waals surface area (Å²) in [4.78, 5) is 23.0. The molecule has 0 saturated carbocycles. The number of nitrogens with one attached hydrogen (secondary N) is 1. The lowest BCUT2D eigenvalue weighted by molar-refractivity contribution is 0.0880. The minimum absolute atomic E-state index is 0.0131. The topological polar surface area (TPSA) is 66.4 Å². The van der Waals surface area contributed by atoms with Crippen LogP contribution < -0.4 is 5.32 Å². The lowest BCUT2D eigenvalue weighted by Crippen LogP contribution is -2.19. The van der Waals surface area contributed by atoms with Crippen molar-refractivity contribution < 1.29 is 14.7 Å². The Morgan fingerprint density at radius 1 is 1.00 bits per heavy atom. The molecule has 0 unspecified atom stereocenters. The van der Waals surface area contributed by atoms with E-state index in [1.54, 1.807) is 24.3 Å². The van der Waals surface area contributed by atoms with Crippen LogP contribution in [-0.4, -0.2) is 16.9 Å². The molecule has 2 aromatic rings. The molecule has 2 N–H and O–H groups in total. The standard InChI is InChI=1S/C12H7NO3/c14-9-5-8-10(12(16)13-11(8)15)7-4-2-1-3-6(7)9/h1-5,14H,(H,13,15,16). The first-order valence-electron chi connectivity index (χ1n) is 4.79. The molecule has 0 saturated heterocycles. The third-order valence-corrected chi connectivity index (χ3v) is 2.72. The number of aromatic hydroxyl groups is 1. The summed E-state index contributed by atoms with van der Waals surface area (Å²) in [7, 11) is 0. The highest BCUT2D eigenvalue weighted by atomic mass is 16.3. The van der Waals surface area contributed by atoms with Crippen LogP contribution >= 0.6 is 0 Å². The van der Waals surface area contributed by atoms with E-state index in [-0.39, 0.29) is 11.3 Å². The van der Waals surface area contributed by atoms with E-state index >= 15 is 0 Å². The van der Waals surface area contributed by atoms with Gasteiger partial charge in [0.1, 0.15) is 5.75 Å². The number of phenolic OH excluding ortho intramolecular Hbond substituents is 1. The first kappa shape index (κ1) is 8.91. The number of imide groups is 1. The van der Waals surface area contributed by atoms with Crippen molar-refractivity contribution in [1.29, 1.82) is 0 Å². The van der Waals surface area contributed by atoms with Crippen LogP contribution in [0.5, 0.6) is 5.75 Å². The summed E-state index contributed by atoms with van der Waals surface area (Å²) in [6, 6.07) is 8.28. The second kappa shape index (κ2) is 2.82. The maximum atomic E-state index is 11.6. The number of amides is 2. The molecule has 0 radical (unpaired) electrons. The molecule has 0 aliphatic carbocycles. The molecule has 0 spiro atoms. The molecule has 1 aliphatic heterocycles. The van der Waals surface area contributed by atoms with Crippen LogP contribution in [0.4, 0.5) is 0 Å². The van der Waals surface area contributed by atoms with Gasteiger partial charge in [0.2, 0.25) is 0 Å². The Morgan fingerprint density at radius 3 is 2.44 bits per heavy atom. The fraction of sp³-hybridized carbons (Fsp3) is 0. The molecule has 4 heteroatoms. The van der Waals surface area contributed by atoms with E-state index in [4.69, 9.17) is 0 Å². The summed E-state index contributed by atoms with van der Waals surface area (Å²) in [5.41, 5.74) is 0.583. The van der Waals surface area contributed by atoms with E-state index in [0.29, 0.717) is 16.3 Å². The Labute approximate surface area is 90.5 Å². The van der Waals surface area contributed by atoms with Crippen LogP contribution in [-0.2, 0) is 0 Å². The number of hydrogen-bond acceptors (Lipinski definition) is 3. The number of carbonyl (C=O) groups is 2. The molecule has 0 atom stereocenters. The highest BCUT2D eigenvalue weighted by molar-refractivity contribution is 6.27. The monoisotopic (exact) mass is 213 g/mol. The van der Waals surface area contributed by atoms with Gasteiger partial charge in [0, 0.05) is 5.39 Å². The van der Waals surface area contributed by atoms with Crippen molar-refractivity contribution in [2.75, 3.05) is 0 Å². The van der Waals surface area contributed by atoms with Crippen molar-refractivity contribution in [3.05, 3.63) is 41.5 Å². The van der Waals surface area contributed by atoms with Crippen LogP contribution in [0.3, 0.4) is 0 Å². The first-order chi connectivity index (χ1) is 7.68. The zero-order valence-corrected chi connectivity index (χ0v) is 8.15. The normalized spacial score (nSPS) is 14.0. The van der Waals surface area contributed by atoms with Crippen molar-refractivity contribution in [1.82, 2.24) is 5.32 Å². The van der Waals surface area contributed by atoms with Crippen molar-refractivity contribution in [2.45, 2.75) is 0 Å². The van der Waals surface area contributed by atoms with Gasteiger partial charge in [0.05, 0.1) is 11.1 Å². The molecule has 0 fully saturated rings. The molecule has 3 rings (SSSR count). The van der Waals surface area contributed by atoms with Gasteiger partial charge >= 0.3 is 0 Å². The van der Waals surface area contributed by atoms with Gasteiger partial charge in [0.25, 0.3) is 11.8 Å². The average Bonchev–Trinajstić information content (AvgIpc) is 2.55. The highest BCUT2D eigenvalue weighted by Crippen LogP contribution is 2.32. The molecule has 78 valence electrons. The summed E-state index contributed by atoms with van der Waals surface area (Å²) in [6.07, 6.45) is 0. The summed E-state index contributed by atoms with van der Waals surface area (Å²) < 4.78 is 0. The first-order valence-corrected chi connectivity index (χ1v) is 4.79. The Hall–Kier alpha value is -2.36. The molecule has 0 aromatic heterocycles. The summed E-state index contributed by atoms with van der Waals surface area (Å²) in [5, 5.41) is 13.1. The largest absolute Gasteiger partial charge is 0.507 e. The van der Waals surface area contributed by atoms with Crippen LogP contribution in [0.2, 0.25) is 0 Å². The maximum Gasteiger partial charge on any atom is 0.259 e. The summed E-state index contributed by atoms with van der Waals surface area (Å²) in [5.74, 6) is -0.851. The van der Waals surface area contributed by atoms with Gasteiger partial charge in [0.15, 0.2) is 0 Å². The van der Waals surface area contributed by atoms with E-state index in [1.807, 2.05) is 0 Å². The van der Waals surface area contributed by atoms with Crippen molar-refractivity contribution in [3.8, 4) is 5.75 Å². The fourth-order valence-corrected chi connectivity index (χ4v) is 2.01. The van der Waals surface area contributed by atoms with Crippen LogP contribution in [0.1, 0.15) is 20.7 Å². The van der Waals surface area contributed by atoms with Crippen LogP contribution in [0, 0.1) is 0 Å². The van der Waals surface area contributed by atoms with E-state index in [0.717, 1.165) is 0 Å². The van der Waals surface area contributed by atoms with E-state index in [1.165, 1.54) is 6.07 Å². The van der Waals surface area contributed by atoms with Gasteiger partial charge in [-0.3, -0.25) is 14.9 Å². The lowest BCUT2D eigenvalue weighted by atomic mass is 9.99. The van der Waals surface area contributed by atoms with Gasteiger partial charge in [-0.2, -0.15) is 0 Å². The zero-order chi connectivity index (χ0) is 11.3. The third-order valence-electron chi connectivity index (χ3n) is 2.72. The summed E-state index contributed by atoms with van der Waals surface area (Å²) in [6.45, 7) is 0. The zero-order valence-electron chi connectivity index (χ0n) is 8.15. The Morgan fingerprint density at radius 2 is 1.69 bits per heavy atom. The number of phenols is 1. The number of fused-ring (bicyclic) bond motifs is 3. The number of carbonyl (C=O) groups excluding carboxylic acids is 2. The average molecular weight is 213 g/mol. The summed E-state index contributed by atoms with van der Waals surface area (Å²) >= 11 is 0. The smallest absolute Gasteiger partial charge is 0.259 e. The van der Waals surface area contributed by atoms with E-state index < -0.39 is 11.8 Å². The molecule has 2 amide bonds. The maximum absolute atomic E-state index is 11.6. The molecule has 0 bridgehead atoms. The highest BCUT2D eigenvalue weighted by Gasteiger charge is 2.29. The molecule has 4 nitrogen and oxygen atoms in total. The second-order valence-corrected chi connectivity index (χ2v) is 3.65. The minimum Gasteiger partial charge on any atom is -0.507 e. The third kappa shape index (κ3) is 0.982. The van der Waals surface area contributed by atoms with Gasteiger partial charge < -0.3 is 5.11 Å². The Balaban J connectivity index is 2.53. The predicted molar refractivity (Wildman–Crippen MR) is 57.4 cm³/mol. The Bertz CT molecular complexity index is 646. The minimum atomic E-state index is -0.457. The quantitative estimate of drug-likeness (QED) is 0.650. The van der Waals surface area contributed by atoms with Gasteiger partial charge in [-0.25, -0.2) is 0 Å². The molecule has 2 aromatic carbocycles. The predicted octanol–water partition coefficient (Wildman–Crippen LogP) is 1.43. The van der Waals surface area contributed by atoms with Crippen molar-refractivity contribution >= 4 is 22.6 Å². The second-order valence-electron chi connectivity index (χ2n) is 3.65. The van der Waals surface area contributed by atoms with Gasteiger partial charge in [-0.05, 0) is 11.5 Å². The van der Waals surface area contributed by atoms with Crippen molar-refractivity contribution in [2.24, 2.45) is 0 Å². The fourth-order valence-electron chi connectivity index (χ4n) is 2.01. The van der Waals surface area contributed by atoms with Gasteiger partial charge in [-0.15, -0.1) is 0 Å². The SMILES string of the molecule is O=C1NC(=O)c2c1cc(O)c1ccccc21. The molecule has 1 aliphatic rings. The Kier molecular flexibility index (Phi) is 1.57. The molecule has 1 heterocycles. The van der Waals surface area contributed by atoms with E-state index in [2.05, 4.69) is 5.32 Å². The number of benzene rings is 2. The lowest BCUT2D eigenvalue weighted by Gasteiger charge is -2.04. The van der Waals surface area contributed by atoms with Crippen molar-refractivity contribution in [3.63, 3.8) is 0 Å². The van der Waals surface area contributed by atoms with Gasteiger partial charge in [-0.1, -0.05) is 24.3 Å². The molecular weight excluding hydrogens is 206 g/mol.